The van der Waals surface area contributed by atoms with Crippen LogP contribution in [0.4, 0.5) is 0 Å². The Balaban J connectivity index is 1.48. The lowest BCUT2D eigenvalue weighted by Crippen LogP contribution is -2.32. The number of aryl methyl sites for hydroxylation is 3. The Labute approximate surface area is 173 Å². The van der Waals surface area contributed by atoms with Gasteiger partial charge in [-0.05, 0) is 50.6 Å². The highest BCUT2D eigenvalue weighted by atomic mass is 16.6. The molecule has 1 fully saturated rings. The highest BCUT2D eigenvalue weighted by molar-refractivity contribution is 5.28. The number of hydrogen-bond acceptors (Lipinski definition) is 3. The van der Waals surface area contributed by atoms with E-state index in [1.165, 1.54) is 22.3 Å². The zero-order chi connectivity index (χ0) is 20.2. The summed E-state index contributed by atoms with van der Waals surface area (Å²) >= 11 is 0. The normalized spacial score (nSPS) is 21.1. The topological polar surface area (TPSA) is 27.7 Å². The summed E-state index contributed by atoms with van der Waals surface area (Å²) in [7, 11) is 0. The largest absolute Gasteiger partial charge is 0.491 e. The van der Waals surface area contributed by atoms with E-state index >= 15 is 0 Å². The van der Waals surface area contributed by atoms with Gasteiger partial charge >= 0.3 is 0 Å². The summed E-state index contributed by atoms with van der Waals surface area (Å²) in [6, 6.07) is 24.8. The maximum Gasteiger partial charge on any atom is 0.131 e. The summed E-state index contributed by atoms with van der Waals surface area (Å²) in [5.41, 5.74) is 4.87. The molecule has 3 nitrogen and oxygen atoms in total. The van der Waals surface area contributed by atoms with Crippen LogP contribution >= 0.6 is 0 Å². The molecule has 3 aromatic rings. The molecule has 4 rings (SSSR count). The minimum absolute atomic E-state index is 0.0117. The van der Waals surface area contributed by atoms with Crippen LogP contribution in [0, 0.1) is 20.8 Å². The molecule has 29 heavy (non-hydrogen) atoms. The molecule has 0 unspecified atom stereocenters. The minimum atomic E-state index is -0.135. The van der Waals surface area contributed by atoms with E-state index in [0.717, 1.165) is 17.9 Å². The van der Waals surface area contributed by atoms with Gasteiger partial charge in [-0.1, -0.05) is 65.2 Å². The lowest BCUT2D eigenvalue weighted by Gasteiger charge is -2.20. The quantitative estimate of drug-likeness (QED) is 0.521. The van der Waals surface area contributed by atoms with Crippen LogP contribution in [0.2, 0.25) is 0 Å². The van der Waals surface area contributed by atoms with Gasteiger partial charge in [-0.25, -0.2) is 0 Å². The van der Waals surface area contributed by atoms with Crippen molar-refractivity contribution in [3.63, 3.8) is 0 Å². The molecule has 3 aromatic carbocycles. The fourth-order valence-corrected chi connectivity index (χ4v) is 3.59. The first-order valence-electron chi connectivity index (χ1n) is 10.2. The molecule has 0 bridgehead atoms. The molecule has 0 aliphatic carbocycles. The van der Waals surface area contributed by atoms with E-state index in [9.17, 15) is 0 Å². The van der Waals surface area contributed by atoms with E-state index in [0.29, 0.717) is 6.61 Å². The molecule has 1 heterocycles. The molecule has 3 heteroatoms. The van der Waals surface area contributed by atoms with Crippen molar-refractivity contribution in [1.82, 2.24) is 0 Å². The van der Waals surface area contributed by atoms with E-state index in [1.54, 1.807) is 0 Å². The monoisotopic (exact) mass is 388 g/mol. The molecule has 3 atom stereocenters. The Hall–Kier alpha value is -2.78. The maximum absolute atomic E-state index is 6.39. The van der Waals surface area contributed by atoms with Gasteiger partial charge in [0.1, 0.15) is 30.3 Å². The lowest BCUT2D eigenvalue weighted by atomic mass is 10.0. The number of hydrogen-bond donors (Lipinski definition) is 0. The molecule has 0 amide bonds. The number of benzene rings is 3. The molecular weight excluding hydrogens is 360 g/mol. The van der Waals surface area contributed by atoms with E-state index in [-0.39, 0.29) is 18.3 Å². The second kappa shape index (κ2) is 8.71. The van der Waals surface area contributed by atoms with E-state index in [1.807, 2.05) is 24.3 Å². The van der Waals surface area contributed by atoms with Gasteiger partial charge in [-0.3, -0.25) is 0 Å². The summed E-state index contributed by atoms with van der Waals surface area (Å²) in [6.07, 6.45) is 0.620. The fraction of sp³-hybridized carbons (Fsp3) is 0.308. The van der Waals surface area contributed by atoms with Gasteiger partial charge in [-0.2, -0.15) is 0 Å². The van der Waals surface area contributed by atoms with Crippen molar-refractivity contribution in [2.45, 2.75) is 45.5 Å². The van der Waals surface area contributed by atoms with Crippen LogP contribution in [0.15, 0.2) is 72.8 Å². The number of rotatable bonds is 6. The molecule has 1 aliphatic heterocycles. The molecule has 0 aromatic heterocycles. The van der Waals surface area contributed by atoms with Crippen LogP contribution in [0.1, 0.15) is 34.8 Å². The molecule has 0 saturated carbocycles. The third-order valence-corrected chi connectivity index (χ3v) is 5.39. The van der Waals surface area contributed by atoms with Crippen molar-refractivity contribution in [3.05, 3.63) is 95.1 Å². The van der Waals surface area contributed by atoms with E-state index in [2.05, 4.69) is 69.3 Å². The Morgan fingerprint density at radius 2 is 1.24 bits per heavy atom. The lowest BCUT2D eigenvalue weighted by molar-refractivity contribution is -0.0107. The van der Waals surface area contributed by atoms with Crippen molar-refractivity contribution < 1.29 is 14.2 Å². The van der Waals surface area contributed by atoms with Crippen LogP contribution in [0.5, 0.6) is 11.5 Å². The van der Waals surface area contributed by atoms with Gasteiger partial charge in [0.25, 0.3) is 0 Å². The third kappa shape index (κ3) is 4.99. The van der Waals surface area contributed by atoms with Crippen molar-refractivity contribution >= 4 is 0 Å². The van der Waals surface area contributed by atoms with Crippen molar-refractivity contribution in [2.75, 3.05) is 6.61 Å². The summed E-state index contributed by atoms with van der Waals surface area (Å²) in [4.78, 5) is 0. The predicted molar refractivity (Wildman–Crippen MR) is 116 cm³/mol. The predicted octanol–water partition coefficient (Wildman–Crippen LogP) is 5.97. The summed E-state index contributed by atoms with van der Waals surface area (Å²) in [5, 5.41) is 0. The second-order valence-electron chi connectivity index (χ2n) is 7.90. The van der Waals surface area contributed by atoms with Gasteiger partial charge in [0, 0.05) is 6.42 Å². The zero-order valence-electron chi connectivity index (χ0n) is 17.3. The van der Waals surface area contributed by atoms with Crippen LogP contribution < -0.4 is 9.47 Å². The Morgan fingerprint density at radius 1 is 0.724 bits per heavy atom. The van der Waals surface area contributed by atoms with Gasteiger partial charge in [0.05, 0.1) is 6.10 Å². The van der Waals surface area contributed by atoms with Crippen molar-refractivity contribution in [2.24, 2.45) is 0 Å². The molecule has 1 saturated heterocycles. The zero-order valence-corrected chi connectivity index (χ0v) is 17.3. The standard InChI is InChI=1S/C26H28O3/c1-18-4-10-21(11-5-18)24-16-25(28-23-14-8-20(3)9-15-23)26(29-24)17-27-22-12-6-19(2)7-13-22/h4-15,24-26H,16-17H2,1-3H3/t24-,25+,26-/m1/s1. The molecular formula is C26H28O3. The van der Waals surface area contributed by atoms with Crippen molar-refractivity contribution in [1.29, 1.82) is 0 Å². The molecule has 0 N–H and O–H groups in total. The summed E-state index contributed by atoms with van der Waals surface area (Å²) in [5.74, 6) is 1.72. The average Bonchev–Trinajstić information content (AvgIpc) is 3.12. The van der Waals surface area contributed by atoms with Crippen LogP contribution in [-0.4, -0.2) is 18.8 Å². The van der Waals surface area contributed by atoms with E-state index in [4.69, 9.17) is 14.2 Å². The van der Waals surface area contributed by atoms with Gasteiger partial charge in [0.2, 0.25) is 0 Å². The fourth-order valence-electron chi connectivity index (χ4n) is 3.59. The molecule has 0 radical (unpaired) electrons. The molecule has 1 aliphatic rings. The van der Waals surface area contributed by atoms with Gasteiger partial charge < -0.3 is 14.2 Å². The maximum atomic E-state index is 6.39. The smallest absolute Gasteiger partial charge is 0.131 e. The van der Waals surface area contributed by atoms with E-state index < -0.39 is 0 Å². The Kier molecular flexibility index (Phi) is 5.86. The molecule has 150 valence electrons. The Bertz CT molecular complexity index is 914. The summed E-state index contributed by atoms with van der Waals surface area (Å²) in [6.45, 7) is 6.71. The van der Waals surface area contributed by atoms with Gasteiger partial charge in [0.15, 0.2) is 0 Å². The second-order valence-corrected chi connectivity index (χ2v) is 7.90. The van der Waals surface area contributed by atoms with Gasteiger partial charge in [-0.15, -0.1) is 0 Å². The SMILES string of the molecule is Cc1ccc(OC[C@H]2O[C@@H](c3ccc(C)cc3)C[C@@H]2Oc2ccc(C)cc2)cc1. The van der Waals surface area contributed by atoms with Crippen molar-refractivity contribution in [3.8, 4) is 11.5 Å². The van der Waals surface area contributed by atoms with Crippen LogP contribution in [0.3, 0.4) is 0 Å². The minimum Gasteiger partial charge on any atom is -0.491 e. The first-order valence-corrected chi connectivity index (χ1v) is 10.2. The highest BCUT2D eigenvalue weighted by Gasteiger charge is 2.38. The third-order valence-electron chi connectivity index (χ3n) is 5.39. The summed E-state index contributed by atoms with van der Waals surface area (Å²) < 4.78 is 18.7. The van der Waals surface area contributed by atoms with Crippen LogP contribution in [0.25, 0.3) is 0 Å². The first kappa shape index (κ1) is 19.5. The molecule has 0 spiro atoms. The van der Waals surface area contributed by atoms with Crippen LogP contribution in [-0.2, 0) is 4.74 Å². The highest BCUT2D eigenvalue weighted by Crippen LogP contribution is 2.36. The average molecular weight is 389 g/mol. The number of ether oxygens (including phenoxy) is 3. The Morgan fingerprint density at radius 3 is 1.83 bits per heavy atom. The first-order chi connectivity index (χ1) is 14.1.